The molecule has 1 aromatic rings. The van der Waals surface area contributed by atoms with Gasteiger partial charge in [0.25, 0.3) is 5.91 Å². The summed E-state index contributed by atoms with van der Waals surface area (Å²) in [6, 6.07) is 5.72. The number of anilines is 1. The Morgan fingerprint density at radius 2 is 2.05 bits per heavy atom. The minimum Gasteiger partial charge on any atom is -0.481 e. The lowest BCUT2D eigenvalue weighted by Crippen LogP contribution is -2.31. The van der Waals surface area contributed by atoms with Gasteiger partial charge in [-0.3, -0.25) is 9.59 Å². The molecule has 1 aliphatic carbocycles. The maximum absolute atomic E-state index is 11.8. The van der Waals surface area contributed by atoms with Crippen molar-refractivity contribution < 1.29 is 14.7 Å². The molecule has 2 atom stereocenters. The number of rotatable bonds is 4. The van der Waals surface area contributed by atoms with Gasteiger partial charge < -0.3 is 15.7 Å². The molecule has 2 unspecified atom stereocenters. The van der Waals surface area contributed by atoms with Crippen molar-refractivity contribution in [2.45, 2.75) is 38.6 Å². The van der Waals surface area contributed by atoms with Crippen LogP contribution in [0.4, 0.5) is 5.69 Å². The molecule has 1 fully saturated rings. The lowest BCUT2D eigenvalue weighted by Gasteiger charge is -2.29. The zero-order chi connectivity index (χ0) is 15.4. The van der Waals surface area contributed by atoms with Crippen molar-refractivity contribution in [2.24, 2.45) is 5.92 Å². The van der Waals surface area contributed by atoms with E-state index < -0.39 is 5.97 Å². The highest BCUT2D eigenvalue weighted by molar-refractivity contribution is 5.96. The number of hydrogen-bond donors (Lipinski definition) is 3. The van der Waals surface area contributed by atoms with Crippen molar-refractivity contribution in [1.82, 2.24) is 5.32 Å². The first kappa shape index (κ1) is 15.4. The molecule has 0 aromatic heterocycles. The first-order valence-electron chi connectivity index (χ1n) is 7.34. The number of hydrogen-bond acceptors (Lipinski definition) is 3. The fourth-order valence-electron chi connectivity index (χ4n) is 2.94. The van der Waals surface area contributed by atoms with Crippen LogP contribution < -0.4 is 10.6 Å². The first-order chi connectivity index (χ1) is 10.0. The van der Waals surface area contributed by atoms with E-state index in [0.29, 0.717) is 12.0 Å². The van der Waals surface area contributed by atoms with Gasteiger partial charge in [-0.15, -0.1) is 0 Å². The molecule has 114 valence electrons. The molecule has 5 heteroatoms. The summed E-state index contributed by atoms with van der Waals surface area (Å²) in [5.74, 6) is -1.08. The van der Waals surface area contributed by atoms with E-state index >= 15 is 0 Å². The maximum Gasteiger partial charge on any atom is 0.306 e. The third-order valence-electron chi connectivity index (χ3n) is 4.19. The van der Waals surface area contributed by atoms with Gasteiger partial charge in [-0.1, -0.05) is 12.5 Å². The van der Waals surface area contributed by atoms with Crippen LogP contribution in [0.2, 0.25) is 0 Å². The van der Waals surface area contributed by atoms with Crippen molar-refractivity contribution in [3.8, 4) is 0 Å². The van der Waals surface area contributed by atoms with E-state index in [4.69, 9.17) is 5.11 Å². The van der Waals surface area contributed by atoms with E-state index in [-0.39, 0.29) is 17.9 Å². The van der Waals surface area contributed by atoms with E-state index in [9.17, 15) is 9.59 Å². The lowest BCUT2D eigenvalue weighted by atomic mass is 9.85. The number of aliphatic carboxylic acids is 1. The van der Waals surface area contributed by atoms with Crippen LogP contribution in [-0.2, 0) is 4.79 Å². The van der Waals surface area contributed by atoms with Crippen molar-refractivity contribution in [3.05, 3.63) is 29.3 Å². The fraction of sp³-hybridized carbons (Fsp3) is 0.500. The average Bonchev–Trinajstić information content (AvgIpc) is 2.49. The van der Waals surface area contributed by atoms with Gasteiger partial charge in [0.2, 0.25) is 0 Å². The number of carbonyl (C=O) groups is 2. The number of carboxylic acids is 1. The summed E-state index contributed by atoms with van der Waals surface area (Å²) in [6.45, 7) is 1.91. The minimum absolute atomic E-state index is 0.108. The fourth-order valence-corrected chi connectivity index (χ4v) is 2.94. The lowest BCUT2D eigenvalue weighted by molar-refractivity contribution is -0.142. The molecule has 1 amide bonds. The van der Waals surface area contributed by atoms with Crippen LogP contribution >= 0.6 is 0 Å². The second-order valence-electron chi connectivity index (χ2n) is 5.60. The van der Waals surface area contributed by atoms with Crippen molar-refractivity contribution >= 4 is 17.6 Å². The number of carboxylic acid groups (broad SMARTS) is 1. The van der Waals surface area contributed by atoms with Crippen LogP contribution in [0.1, 0.15) is 41.6 Å². The van der Waals surface area contributed by atoms with Crippen molar-refractivity contribution in [3.63, 3.8) is 0 Å². The van der Waals surface area contributed by atoms with Gasteiger partial charge in [0.1, 0.15) is 0 Å². The summed E-state index contributed by atoms with van der Waals surface area (Å²) in [4.78, 5) is 22.9. The van der Waals surface area contributed by atoms with Crippen LogP contribution in [0.15, 0.2) is 18.2 Å². The molecule has 0 radical (unpaired) electrons. The van der Waals surface area contributed by atoms with E-state index in [1.54, 1.807) is 13.1 Å². The van der Waals surface area contributed by atoms with E-state index in [2.05, 4.69) is 10.6 Å². The highest BCUT2D eigenvalue weighted by Gasteiger charge is 2.27. The predicted molar refractivity (Wildman–Crippen MR) is 81.6 cm³/mol. The van der Waals surface area contributed by atoms with Gasteiger partial charge in [0, 0.05) is 24.3 Å². The molecule has 5 nitrogen and oxygen atoms in total. The van der Waals surface area contributed by atoms with E-state index in [1.807, 2.05) is 19.1 Å². The van der Waals surface area contributed by atoms with Gasteiger partial charge in [-0.25, -0.2) is 0 Å². The first-order valence-corrected chi connectivity index (χ1v) is 7.34. The molecule has 0 bridgehead atoms. The molecule has 1 aliphatic rings. The van der Waals surface area contributed by atoms with Crippen molar-refractivity contribution in [2.75, 3.05) is 12.4 Å². The smallest absolute Gasteiger partial charge is 0.306 e. The number of nitrogens with one attached hydrogen (secondary N) is 2. The second-order valence-corrected chi connectivity index (χ2v) is 5.60. The summed E-state index contributed by atoms with van der Waals surface area (Å²) in [5.41, 5.74) is 2.45. The summed E-state index contributed by atoms with van der Waals surface area (Å²) in [5, 5.41) is 15.2. The molecular weight excluding hydrogens is 268 g/mol. The average molecular weight is 290 g/mol. The standard InChI is InChI=1S/C16H22N2O3/c1-10-13(15(19)17-2)7-4-8-14(10)18-12-6-3-5-11(9-12)16(20)21/h4,7-8,11-12,18H,3,5-6,9H2,1-2H3,(H,17,19)(H,20,21). The zero-order valence-corrected chi connectivity index (χ0v) is 12.5. The molecule has 0 saturated heterocycles. The summed E-state index contributed by atoms with van der Waals surface area (Å²) in [7, 11) is 1.61. The highest BCUT2D eigenvalue weighted by Crippen LogP contribution is 2.28. The van der Waals surface area contributed by atoms with Gasteiger partial charge >= 0.3 is 5.97 Å². The topological polar surface area (TPSA) is 78.4 Å². The van der Waals surface area contributed by atoms with Crippen LogP contribution in [-0.4, -0.2) is 30.1 Å². The molecular formula is C16H22N2O3. The summed E-state index contributed by atoms with van der Waals surface area (Å²) in [6.07, 6.45) is 3.28. The van der Waals surface area contributed by atoms with Crippen LogP contribution in [0.25, 0.3) is 0 Å². The largest absolute Gasteiger partial charge is 0.481 e. The highest BCUT2D eigenvalue weighted by atomic mass is 16.4. The Kier molecular flexibility index (Phi) is 4.83. The maximum atomic E-state index is 11.8. The molecule has 2 rings (SSSR count). The SMILES string of the molecule is CNC(=O)c1cccc(NC2CCCC(C(=O)O)C2)c1C. The Balaban J connectivity index is 2.12. The van der Waals surface area contributed by atoms with Gasteiger partial charge in [0.15, 0.2) is 0 Å². The second kappa shape index (κ2) is 6.61. The molecule has 1 aromatic carbocycles. The summed E-state index contributed by atoms with van der Waals surface area (Å²) >= 11 is 0. The van der Waals surface area contributed by atoms with Crippen molar-refractivity contribution in [1.29, 1.82) is 0 Å². The number of amides is 1. The van der Waals surface area contributed by atoms with Gasteiger partial charge in [-0.05, 0) is 43.9 Å². The van der Waals surface area contributed by atoms with Crippen LogP contribution in [0.3, 0.4) is 0 Å². The third-order valence-corrected chi connectivity index (χ3v) is 4.19. The minimum atomic E-state index is -0.711. The van der Waals surface area contributed by atoms with Gasteiger partial charge in [0.05, 0.1) is 5.92 Å². The molecule has 0 heterocycles. The zero-order valence-electron chi connectivity index (χ0n) is 12.5. The number of benzene rings is 1. The quantitative estimate of drug-likeness (QED) is 0.795. The monoisotopic (exact) mass is 290 g/mol. The third kappa shape index (κ3) is 3.54. The Morgan fingerprint density at radius 3 is 2.71 bits per heavy atom. The Bertz CT molecular complexity index is 542. The Morgan fingerprint density at radius 1 is 1.29 bits per heavy atom. The Labute approximate surface area is 124 Å². The normalized spacial score (nSPS) is 21.6. The predicted octanol–water partition coefficient (Wildman–Crippen LogP) is 2.41. The van der Waals surface area contributed by atoms with Crippen LogP contribution in [0, 0.1) is 12.8 Å². The molecule has 1 saturated carbocycles. The molecule has 3 N–H and O–H groups in total. The molecule has 0 aliphatic heterocycles. The molecule has 21 heavy (non-hydrogen) atoms. The summed E-state index contributed by atoms with van der Waals surface area (Å²) < 4.78 is 0. The van der Waals surface area contributed by atoms with E-state index in [1.165, 1.54) is 0 Å². The van der Waals surface area contributed by atoms with Crippen LogP contribution in [0.5, 0.6) is 0 Å². The Hall–Kier alpha value is -2.04. The number of carbonyl (C=O) groups excluding carboxylic acids is 1. The molecule has 0 spiro atoms. The van der Waals surface area contributed by atoms with E-state index in [0.717, 1.165) is 30.5 Å². The van der Waals surface area contributed by atoms with Gasteiger partial charge in [-0.2, -0.15) is 0 Å².